The zero-order valence-corrected chi connectivity index (χ0v) is 10.2. The number of rotatable bonds is 4. The molecule has 2 aromatic rings. The molecule has 1 aromatic heterocycles. The highest BCUT2D eigenvalue weighted by atomic mass is 16.5. The number of methoxy groups -OCH3 is 1. The third-order valence-corrected chi connectivity index (χ3v) is 2.93. The maximum atomic E-state index is 10.7. The fraction of sp³-hybridized carbons (Fsp3) is 0.133. The number of ether oxygens (including phenoxy) is 1. The molecule has 0 spiro atoms. The molecular formula is C15H15NO2. The first-order valence-electron chi connectivity index (χ1n) is 5.61. The first-order chi connectivity index (χ1) is 8.70. The van der Waals surface area contributed by atoms with Crippen molar-refractivity contribution in [3.8, 4) is 5.75 Å². The molecule has 1 heterocycles. The minimum absolute atomic E-state index is 0.685. The predicted octanol–water partition coefficient (Wildman–Crippen LogP) is 2.51. The van der Waals surface area contributed by atoms with Gasteiger partial charge in [0.15, 0.2) is 0 Å². The van der Waals surface area contributed by atoms with Crippen molar-refractivity contribution < 1.29 is 9.84 Å². The second-order valence-electron chi connectivity index (χ2n) is 3.94. The van der Waals surface area contributed by atoms with Crippen LogP contribution < -0.4 is 4.74 Å². The van der Waals surface area contributed by atoms with Crippen LogP contribution in [0, 0.1) is 0 Å². The smallest absolute Gasteiger partial charge is 0.134 e. The van der Waals surface area contributed by atoms with Gasteiger partial charge in [0.2, 0.25) is 0 Å². The highest BCUT2D eigenvalue weighted by molar-refractivity contribution is 5.41. The van der Waals surface area contributed by atoms with Crippen LogP contribution >= 0.6 is 0 Å². The van der Waals surface area contributed by atoms with E-state index in [4.69, 9.17) is 4.74 Å². The Labute approximate surface area is 106 Å². The minimum Gasteiger partial charge on any atom is -0.497 e. The van der Waals surface area contributed by atoms with Gasteiger partial charge >= 0.3 is 0 Å². The van der Waals surface area contributed by atoms with E-state index in [1.54, 1.807) is 37.7 Å². The van der Waals surface area contributed by atoms with Gasteiger partial charge < -0.3 is 9.84 Å². The molecule has 0 saturated heterocycles. The summed E-state index contributed by atoms with van der Waals surface area (Å²) >= 11 is 0. The van der Waals surface area contributed by atoms with Gasteiger partial charge in [0, 0.05) is 18.0 Å². The number of pyridine rings is 1. The van der Waals surface area contributed by atoms with E-state index in [0.717, 1.165) is 11.3 Å². The van der Waals surface area contributed by atoms with E-state index in [2.05, 4.69) is 11.6 Å². The van der Waals surface area contributed by atoms with Gasteiger partial charge in [-0.1, -0.05) is 30.9 Å². The largest absolute Gasteiger partial charge is 0.497 e. The molecule has 2 rings (SSSR count). The van der Waals surface area contributed by atoms with Crippen molar-refractivity contribution in [3.05, 3.63) is 72.6 Å². The number of hydrogen-bond donors (Lipinski definition) is 1. The minimum atomic E-state index is -1.24. The summed E-state index contributed by atoms with van der Waals surface area (Å²) in [7, 11) is 1.61. The summed E-state index contributed by atoms with van der Waals surface area (Å²) in [6, 6.07) is 10.8. The fourth-order valence-corrected chi connectivity index (χ4v) is 1.84. The van der Waals surface area contributed by atoms with E-state index in [1.807, 2.05) is 18.2 Å². The summed E-state index contributed by atoms with van der Waals surface area (Å²) in [5.74, 6) is 0.747. The van der Waals surface area contributed by atoms with Gasteiger partial charge in [0.1, 0.15) is 11.4 Å². The lowest BCUT2D eigenvalue weighted by atomic mass is 9.87. The number of benzene rings is 1. The van der Waals surface area contributed by atoms with Crippen molar-refractivity contribution in [2.24, 2.45) is 0 Å². The van der Waals surface area contributed by atoms with Crippen LogP contribution in [0.4, 0.5) is 0 Å². The van der Waals surface area contributed by atoms with Crippen molar-refractivity contribution in [2.45, 2.75) is 5.60 Å². The van der Waals surface area contributed by atoms with Crippen LogP contribution in [-0.4, -0.2) is 17.2 Å². The molecule has 0 saturated carbocycles. The second kappa shape index (κ2) is 5.02. The standard InChI is InChI=1S/C15H15NO2/c1-3-15(17,13-5-4-10-16-11-13)12-6-8-14(18-2)9-7-12/h3-11,17H,1H2,2H3/t15-/m0/s1. The summed E-state index contributed by atoms with van der Waals surface area (Å²) < 4.78 is 5.10. The molecule has 1 aromatic carbocycles. The van der Waals surface area contributed by atoms with Crippen LogP contribution in [0.5, 0.6) is 5.75 Å². The van der Waals surface area contributed by atoms with E-state index >= 15 is 0 Å². The Morgan fingerprint density at radius 2 is 1.94 bits per heavy atom. The zero-order valence-electron chi connectivity index (χ0n) is 10.2. The lowest BCUT2D eigenvalue weighted by molar-refractivity contribution is 0.134. The second-order valence-corrected chi connectivity index (χ2v) is 3.94. The first kappa shape index (κ1) is 12.3. The Hall–Kier alpha value is -2.13. The van der Waals surface area contributed by atoms with Crippen LogP contribution in [0.3, 0.4) is 0 Å². The van der Waals surface area contributed by atoms with E-state index in [1.165, 1.54) is 6.08 Å². The predicted molar refractivity (Wildman–Crippen MR) is 70.4 cm³/mol. The highest BCUT2D eigenvalue weighted by Gasteiger charge is 2.27. The van der Waals surface area contributed by atoms with Crippen molar-refractivity contribution in [2.75, 3.05) is 7.11 Å². The molecule has 92 valence electrons. The Morgan fingerprint density at radius 1 is 1.22 bits per heavy atom. The summed E-state index contributed by atoms with van der Waals surface area (Å²) in [6.45, 7) is 3.72. The van der Waals surface area contributed by atoms with Gasteiger partial charge in [-0.05, 0) is 23.8 Å². The van der Waals surface area contributed by atoms with E-state index in [9.17, 15) is 5.11 Å². The Morgan fingerprint density at radius 3 is 2.44 bits per heavy atom. The molecule has 0 aliphatic heterocycles. The lowest BCUT2D eigenvalue weighted by Crippen LogP contribution is -2.24. The summed E-state index contributed by atoms with van der Waals surface area (Å²) in [5.41, 5.74) is 0.178. The number of aromatic nitrogens is 1. The maximum absolute atomic E-state index is 10.7. The van der Waals surface area contributed by atoms with Crippen LogP contribution in [-0.2, 0) is 5.60 Å². The Kier molecular flexibility index (Phi) is 3.44. The van der Waals surface area contributed by atoms with Gasteiger partial charge in [-0.2, -0.15) is 0 Å². The molecule has 1 N–H and O–H groups in total. The monoisotopic (exact) mass is 241 g/mol. The summed E-state index contributed by atoms with van der Waals surface area (Å²) in [4.78, 5) is 4.03. The topological polar surface area (TPSA) is 42.4 Å². The number of hydrogen-bond acceptors (Lipinski definition) is 3. The van der Waals surface area contributed by atoms with Crippen molar-refractivity contribution in [1.82, 2.24) is 4.98 Å². The van der Waals surface area contributed by atoms with Gasteiger partial charge in [-0.15, -0.1) is 0 Å². The van der Waals surface area contributed by atoms with E-state index < -0.39 is 5.60 Å². The number of nitrogens with zero attached hydrogens (tertiary/aromatic N) is 1. The van der Waals surface area contributed by atoms with Gasteiger partial charge in [-0.3, -0.25) is 4.98 Å². The van der Waals surface area contributed by atoms with Gasteiger partial charge in [0.25, 0.3) is 0 Å². The first-order valence-corrected chi connectivity index (χ1v) is 5.61. The van der Waals surface area contributed by atoms with Gasteiger partial charge in [-0.25, -0.2) is 0 Å². The molecule has 3 heteroatoms. The van der Waals surface area contributed by atoms with Crippen LogP contribution in [0.1, 0.15) is 11.1 Å². The van der Waals surface area contributed by atoms with E-state index in [-0.39, 0.29) is 0 Å². The molecule has 0 radical (unpaired) electrons. The maximum Gasteiger partial charge on any atom is 0.134 e. The number of aliphatic hydroxyl groups is 1. The van der Waals surface area contributed by atoms with Crippen LogP contribution in [0.25, 0.3) is 0 Å². The average Bonchev–Trinajstić information content (AvgIpc) is 2.47. The Bertz CT molecular complexity index is 522. The van der Waals surface area contributed by atoms with Crippen molar-refractivity contribution in [1.29, 1.82) is 0 Å². The van der Waals surface area contributed by atoms with Crippen molar-refractivity contribution >= 4 is 0 Å². The van der Waals surface area contributed by atoms with Crippen LogP contribution in [0.2, 0.25) is 0 Å². The van der Waals surface area contributed by atoms with Crippen molar-refractivity contribution in [3.63, 3.8) is 0 Å². The fourth-order valence-electron chi connectivity index (χ4n) is 1.84. The summed E-state index contributed by atoms with van der Waals surface area (Å²) in [6.07, 6.45) is 4.80. The van der Waals surface area contributed by atoms with Gasteiger partial charge in [0.05, 0.1) is 7.11 Å². The zero-order chi connectivity index (χ0) is 13.0. The molecular weight excluding hydrogens is 226 g/mol. The average molecular weight is 241 g/mol. The molecule has 0 amide bonds. The van der Waals surface area contributed by atoms with Crippen LogP contribution in [0.15, 0.2) is 61.4 Å². The lowest BCUT2D eigenvalue weighted by Gasteiger charge is -2.25. The molecule has 3 nitrogen and oxygen atoms in total. The normalized spacial score (nSPS) is 13.7. The quantitative estimate of drug-likeness (QED) is 0.836. The summed E-state index contributed by atoms with van der Waals surface area (Å²) in [5, 5.41) is 10.7. The SMILES string of the molecule is C=C[C@](O)(c1ccc(OC)cc1)c1cccnc1. The molecule has 0 bridgehead atoms. The molecule has 0 fully saturated rings. The highest BCUT2D eigenvalue weighted by Crippen LogP contribution is 2.31. The third kappa shape index (κ3) is 2.13. The van der Waals surface area contributed by atoms with E-state index in [0.29, 0.717) is 5.56 Å². The molecule has 18 heavy (non-hydrogen) atoms. The molecule has 1 atom stereocenters. The molecule has 0 aliphatic carbocycles. The molecule has 0 unspecified atom stereocenters. The molecule has 0 aliphatic rings. The Balaban J connectivity index is 2.46. The third-order valence-electron chi connectivity index (χ3n) is 2.93.